The number of aliphatic hydroxyl groups excluding tert-OH is 1. The summed E-state index contributed by atoms with van der Waals surface area (Å²) in [5.41, 5.74) is 1.39. The third-order valence-electron chi connectivity index (χ3n) is 4.16. The summed E-state index contributed by atoms with van der Waals surface area (Å²) in [6, 6.07) is 12.2. The Balaban J connectivity index is 1.86. The first kappa shape index (κ1) is 24.0. The molecular formula is C23H30N2O6. The highest BCUT2D eigenvalue weighted by Crippen LogP contribution is 2.28. The van der Waals surface area contributed by atoms with Crippen LogP contribution >= 0.6 is 0 Å². The van der Waals surface area contributed by atoms with Crippen molar-refractivity contribution in [2.24, 2.45) is 0 Å². The van der Waals surface area contributed by atoms with Crippen molar-refractivity contribution in [3.05, 3.63) is 53.6 Å². The predicted octanol–water partition coefficient (Wildman–Crippen LogP) is 2.08. The van der Waals surface area contributed by atoms with Crippen molar-refractivity contribution in [3.8, 4) is 17.2 Å². The van der Waals surface area contributed by atoms with Crippen LogP contribution in [0.5, 0.6) is 17.2 Å². The topological polar surface area (TPSA) is 106 Å². The van der Waals surface area contributed by atoms with Gasteiger partial charge in [-0.2, -0.15) is 0 Å². The third-order valence-corrected chi connectivity index (χ3v) is 4.16. The first-order valence-electron chi connectivity index (χ1n) is 10.0. The molecule has 2 rings (SSSR count). The lowest BCUT2D eigenvalue weighted by molar-refractivity contribution is -0.123. The Morgan fingerprint density at radius 1 is 1.06 bits per heavy atom. The van der Waals surface area contributed by atoms with E-state index in [0.29, 0.717) is 22.8 Å². The van der Waals surface area contributed by atoms with Crippen LogP contribution in [0.3, 0.4) is 0 Å². The number of hydrogen-bond donors (Lipinski definition) is 3. The molecule has 8 heteroatoms. The first-order valence-corrected chi connectivity index (χ1v) is 10.0. The standard InChI is InChI=1S/C23H30N2O6/c1-15(2)25-22(27)14-31-20-9-8-17(11-21(20)29-4)23(28)24-12-18(26)13-30-19-7-5-6-16(3)10-19/h5-11,15,18,26H,12-14H2,1-4H3,(H,24,28)(H,25,27). The van der Waals surface area contributed by atoms with Crippen LogP contribution in [-0.4, -0.2) is 55.9 Å². The number of carbonyl (C=O) groups is 2. The molecule has 0 spiro atoms. The van der Waals surface area contributed by atoms with E-state index in [4.69, 9.17) is 14.2 Å². The molecule has 0 radical (unpaired) electrons. The van der Waals surface area contributed by atoms with Crippen LogP contribution in [-0.2, 0) is 4.79 Å². The van der Waals surface area contributed by atoms with Crippen LogP contribution < -0.4 is 24.8 Å². The van der Waals surface area contributed by atoms with Gasteiger partial charge < -0.3 is 30.0 Å². The molecule has 0 aliphatic heterocycles. The summed E-state index contributed by atoms with van der Waals surface area (Å²) in [6.07, 6.45) is -0.867. The molecule has 2 aromatic rings. The van der Waals surface area contributed by atoms with Gasteiger partial charge in [-0.3, -0.25) is 9.59 Å². The molecule has 2 amide bonds. The van der Waals surface area contributed by atoms with Gasteiger partial charge in [-0.1, -0.05) is 12.1 Å². The molecule has 1 atom stereocenters. The Kier molecular flexibility index (Phi) is 9.14. The molecule has 0 fully saturated rings. The van der Waals surface area contributed by atoms with Crippen LogP contribution in [0.2, 0.25) is 0 Å². The number of rotatable bonds is 11. The molecule has 168 valence electrons. The molecule has 1 unspecified atom stereocenters. The van der Waals surface area contributed by atoms with Gasteiger partial charge in [0.15, 0.2) is 18.1 Å². The number of aliphatic hydroxyl groups is 1. The fourth-order valence-electron chi connectivity index (χ4n) is 2.70. The average molecular weight is 431 g/mol. The average Bonchev–Trinajstić information content (AvgIpc) is 2.74. The van der Waals surface area contributed by atoms with Gasteiger partial charge >= 0.3 is 0 Å². The third kappa shape index (κ3) is 8.18. The summed E-state index contributed by atoms with van der Waals surface area (Å²) in [4.78, 5) is 24.1. The largest absolute Gasteiger partial charge is 0.493 e. The summed E-state index contributed by atoms with van der Waals surface area (Å²) in [7, 11) is 1.45. The first-order chi connectivity index (χ1) is 14.8. The number of hydrogen-bond acceptors (Lipinski definition) is 6. The van der Waals surface area contributed by atoms with Gasteiger partial charge in [0, 0.05) is 18.2 Å². The minimum atomic E-state index is -0.867. The zero-order chi connectivity index (χ0) is 22.8. The predicted molar refractivity (Wildman–Crippen MR) is 117 cm³/mol. The van der Waals surface area contributed by atoms with E-state index >= 15 is 0 Å². The Morgan fingerprint density at radius 3 is 2.52 bits per heavy atom. The number of benzene rings is 2. The molecule has 8 nitrogen and oxygen atoms in total. The maximum absolute atomic E-state index is 12.4. The van der Waals surface area contributed by atoms with Gasteiger partial charge in [-0.25, -0.2) is 0 Å². The van der Waals surface area contributed by atoms with E-state index in [1.807, 2.05) is 39.0 Å². The minimum absolute atomic E-state index is 0.0154. The maximum Gasteiger partial charge on any atom is 0.258 e. The Labute approximate surface area is 182 Å². The second kappa shape index (κ2) is 11.8. The Bertz CT molecular complexity index is 884. The summed E-state index contributed by atoms with van der Waals surface area (Å²) in [6.45, 7) is 5.59. The van der Waals surface area contributed by atoms with Gasteiger partial charge in [0.05, 0.1) is 7.11 Å². The lowest BCUT2D eigenvalue weighted by Gasteiger charge is -2.15. The van der Waals surface area contributed by atoms with Crippen LogP contribution in [0.25, 0.3) is 0 Å². The number of nitrogens with one attached hydrogen (secondary N) is 2. The van der Waals surface area contributed by atoms with Crippen molar-refractivity contribution in [1.29, 1.82) is 0 Å². The fourth-order valence-corrected chi connectivity index (χ4v) is 2.70. The molecule has 0 heterocycles. The number of carbonyl (C=O) groups excluding carboxylic acids is 2. The molecule has 0 aromatic heterocycles. The second-order valence-electron chi connectivity index (χ2n) is 7.37. The van der Waals surface area contributed by atoms with Crippen molar-refractivity contribution in [1.82, 2.24) is 10.6 Å². The van der Waals surface area contributed by atoms with Crippen molar-refractivity contribution < 1.29 is 28.9 Å². The van der Waals surface area contributed by atoms with Crippen molar-refractivity contribution in [3.63, 3.8) is 0 Å². The zero-order valence-corrected chi connectivity index (χ0v) is 18.3. The molecular weight excluding hydrogens is 400 g/mol. The monoisotopic (exact) mass is 430 g/mol. The number of methoxy groups -OCH3 is 1. The number of amides is 2. The van der Waals surface area contributed by atoms with Crippen LogP contribution in [0, 0.1) is 6.92 Å². The summed E-state index contributed by atoms with van der Waals surface area (Å²) in [5, 5.41) is 15.5. The minimum Gasteiger partial charge on any atom is -0.493 e. The summed E-state index contributed by atoms with van der Waals surface area (Å²) >= 11 is 0. The smallest absolute Gasteiger partial charge is 0.258 e. The van der Waals surface area contributed by atoms with Crippen molar-refractivity contribution in [2.45, 2.75) is 32.9 Å². The number of ether oxygens (including phenoxy) is 3. The van der Waals surface area contributed by atoms with E-state index in [0.717, 1.165) is 5.56 Å². The van der Waals surface area contributed by atoms with Crippen molar-refractivity contribution >= 4 is 11.8 Å². The van der Waals surface area contributed by atoms with E-state index in [1.54, 1.807) is 18.2 Å². The van der Waals surface area contributed by atoms with Gasteiger partial charge in [0.2, 0.25) is 0 Å². The highest BCUT2D eigenvalue weighted by molar-refractivity contribution is 5.94. The summed E-state index contributed by atoms with van der Waals surface area (Å²) in [5.74, 6) is 0.711. The number of aryl methyl sites for hydroxylation is 1. The molecule has 2 aromatic carbocycles. The molecule has 3 N–H and O–H groups in total. The molecule has 0 aliphatic carbocycles. The van der Waals surface area contributed by atoms with Gasteiger partial charge in [0.1, 0.15) is 18.5 Å². The van der Waals surface area contributed by atoms with Gasteiger partial charge in [-0.05, 0) is 56.7 Å². The zero-order valence-electron chi connectivity index (χ0n) is 18.3. The maximum atomic E-state index is 12.4. The van der Waals surface area contributed by atoms with Crippen LogP contribution in [0.4, 0.5) is 0 Å². The van der Waals surface area contributed by atoms with E-state index in [2.05, 4.69) is 10.6 Å². The van der Waals surface area contributed by atoms with E-state index < -0.39 is 6.10 Å². The van der Waals surface area contributed by atoms with Crippen LogP contribution in [0.15, 0.2) is 42.5 Å². The molecule has 0 saturated heterocycles. The highest BCUT2D eigenvalue weighted by Gasteiger charge is 2.14. The SMILES string of the molecule is COc1cc(C(=O)NCC(O)COc2cccc(C)c2)ccc1OCC(=O)NC(C)C. The van der Waals surface area contributed by atoms with Gasteiger partial charge in [-0.15, -0.1) is 0 Å². The lowest BCUT2D eigenvalue weighted by atomic mass is 10.2. The van der Waals surface area contributed by atoms with Crippen molar-refractivity contribution in [2.75, 3.05) is 26.9 Å². The molecule has 0 saturated carbocycles. The Hall–Kier alpha value is -3.26. The second-order valence-corrected chi connectivity index (χ2v) is 7.37. The van der Waals surface area contributed by atoms with E-state index in [1.165, 1.54) is 13.2 Å². The lowest BCUT2D eigenvalue weighted by Crippen LogP contribution is -2.35. The quantitative estimate of drug-likeness (QED) is 0.504. The normalized spacial score (nSPS) is 11.5. The Morgan fingerprint density at radius 2 is 1.84 bits per heavy atom. The van der Waals surface area contributed by atoms with Crippen LogP contribution in [0.1, 0.15) is 29.8 Å². The molecule has 0 aliphatic rings. The van der Waals surface area contributed by atoms with Gasteiger partial charge in [0.25, 0.3) is 11.8 Å². The fraction of sp³-hybridized carbons (Fsp3) is 0.391. The summed E-state index contributed by atoms with van der Waals surface area (Å²) < 4.78 is 16.3. The molecule has 31 heavy (non-hydrogen) atoms. The highest BCUT2D eigenvalue weighted by atomic mass is 16.5. The van der Waals surface area contributed by atoms with E-state index in [9.17, 15) is 14.7 Å². The van der Waals surface area contributed by atoms with E-state index in [-0.39, 0.29) is 37.6 Å². The molecule has 0 bridgehead atoms.